The fourth-order valence-electron chi connectivity index (χ4n) is 3.68. The lowest BCUT2D eigenvalue weighted by Gasteiger charge is -2.13. The average Bonchev–Trinajstić information content (AvgIpc) is 3.25. The third-order valence-electron chi connectivity index (χ3n) is 5.37. The molecule has 186 valence electrons. The number of ether oxygens (including phenoxy) is 3. The number of aromatic nitrogens is 2. The molecule has 10 heteroatoms. The summed E-state index contributed by atoms with van der Waals surface area (Å²) in [5, 5.41) is 5.48. The number of thioether (sulfide) groups is 1. The van der Waals surface area contributed by atoms with E-state index < -0.39 is 0 Å². The number of hydrogen-bond acceptors (Lipinski definition) is 7. The van der Waals surface area contributed by atoms with Gasteiger partial charge in [-0.3, -0.25) is 4.79 Å². The van der Waals surface area contributed by atoms with Crippen LogP contribution in [0.4, 0.5) is 0 Å². The molecule has 1 heterocycles. The van der Waals surface area contributed by atoms with E-state index in [1.165, 1.54) is 32.2 Å². The Morgan fingerprint density at radius 1 is 1.03 bits per heavy atom. The van der Waals surface area contributed by atoms with Crippen LogP contribution in [-0.2, 0) is 11.3 Å². The summed E-state index contributed by atoms with van der Waals surface area (Å²) in [4.78, 5) is 17.3. The second-order valence-electron chi connectivity index (χ2n) is 7.57. The van der Waals surface area contributed by atoms with Crippen molar-refractivity contribution >= 4 is 46.5 Å². The Morgan fingerprint density at radius 2 is 1.78 bits per heavy atom. The van der Waals surface area contributed by atoms with Gasteiger partial charge in [-0.05, 0) is 35.9 Å². The Balaban J connectivity index is 1.46. The minimum Gasteiger partial charge on any atom is -0.493 e. The number of fused-ring (bicyclic) bond motifs is 1. The highest BCUT2D eigenvalue weighted by atomic mass is 35.5. The van der Waals surface area contributed by atoms with Gasteiger partial charge in [0.05, 0.1) is 50.9 Å². The number of halogens is 1. The van der Waals surface area contributed by atoms with Gasteiger partial charge in [-0.1, -0.05) is 53.7 Å². The number of nitrogens with one attached hydrogen (secondary N) is 1. The maximum atomic E-state index is 12.5. The molecule has 0 aliphatic heterocycles. The number of carbonyl (C=O) groups excluding carboxylic acids is 1. The van der Waals surface area contributed by atoms with Crippen LogP contribution in [0.5, 0.6) is 17.2 Å². The number of hydrogen-bond donors (Lipinski definition) is 1. The molecule has 0 unspecified atom stereocenters. The van der Waals surface area contributed by atoms with E-state index in [2.05, 4.69) is 15.1 Å². The normalized spacial score (nSPS) is 11.1. The van der Waals surface area contributed by atoms with Crippen molar-refractivity contribution in [3.05, 3.63) is 76.8 Å². The predicted molar refractivity (Wildman–Crippen MR) is 143 cm³/mol. The molecule has 0 spiro atoms. The number of benzene rings is 3. The lowest BCUT2D eigenvalue weighted by atomic mass is 10.2. The highest BCUT2D eigenvalue weighted by Crippen LogP contribution is 2.39. The number of para-hydroxylation sites is 2. The van der Waals surface area contributed by atoms with Crippen LogP contribution in [0, 0.1) is 0 Å². The van der Waals surface area contributed by atoms with Crippen LogP contribution >= 0.6 is 23.4 Å². The third kappa shape index (κ3) is 5.58. The van der Waals surface area contributed by atoms with E-state index in [-0.39, 0.29) is 11.7 Å². The van der Waals surface area contributed by atoms with E-state index >= 15 is 0 Å². The van der Waals surface area contributed by atoms with Gasteiger partial charge >= 0.3 is 0 Å². The molecule has 1 amide bonds. The smallest absolute Gasteiger partial charge is 0.250 e. The van der Waals surface area contributed by atoms with Crippen molar-refractivity contribution in [1.82, 2.24) is 15.0 Å². The molecule has 0 radical (unpaired) electrons. The van der Waals surface area contributed by atoms with Crippen LogP contribution < -0.4 is 19.6 Å². The quantitative estimate of drug-likeness (QED) is 0.178. The summed E-state index contributed by atoms with van der Waals surface area (Å²) in [5.74, 6) is 1.30. The van der Waals surface area contributed by atoms with Crippen LogP contribution in [0.3, 0.4) is 0 Å². The molecule has 0 saturated carbocycles. The lowest BCUT2D eigenvalue weighted by Crippen LogP contribution is -2.20. The maximum absolute atomic E-state index is 12.5. The molecule has 0 aliphatic carbocycles. The van der Waals surface area contributed by atoms with Gasteiger partial charge in [-0.15, -0.1) is 0 Å². The Bertz CT molecular complexity index is 1410. The summed E-state index contributed by atoms with van der Waals surface area (Å²) in [6.45, 7) is 0.543. The Morgan fingerprint density at radius 3 is 2.53 bits per heavy atom. The zero-order valence-electron chi connectivity index (χ0n) is 20.0. The number of methoxy groups -OCH3 is 3. The van der Waals surface area contributed by atoms with Crippen molar-refractivity contribution in [1.29, 1.82) is 0 Å². The van der Waals surface area contributed by atoms with Gasteiger partial charge in [0, 0.05) is 10.6 Å². The van der Waals surface area contributed by atoms with Crippen LogP contribution in [0.2, 0.25) is 5.02 Å². The first-order valence-corrected chi connectivity index (χ1v) is 12.3. The Hall–Kier alpha value is -3.69. The van der Waals surface area contributed by atoms with E-state index in [4.69, 9.17) is 30.8 Å². The van der Waals surface area contributed by atoms with Gasteiger partial charge in [0.25, 0.3) is 5.91 Å². The average molecular weight is 525 g/mol. The lowest BCUT2D eigenvalue weighted by molar-refractivity contribution is -0.118. The fraction of sp³-hybridized carbons (Fsp3) is 0.192. The molecule has 3 aromatic carbocycles. The van der Waals surface area contributed by atoms with Crippen molar-refractivity contribution in [2.45, 2.75) is 11.7 Å². The molecule has 8 nitrogen and oxygen atoms in total. The fourth-order valence-corrected chi connectivity index (χ4v) is 4.68. The molecule has 0 aliphatic rings. The molecular formula is C26H25ClN4O4S. The largest absolute Gasteiger partial charge is 0.493 e. The summed E-state index contributed by atoms with van der Waals surface area (Å²) >= 11 is 7.73. The Labute approximate surface area is 218 Å². The monoisotopic (exact) mass is 524 g/mol. The third-order valence-corrected chi connectivity index (χ3v) is 6.71. The van der Waals surface area contributed by atoms with Crippen LogP contribution in [0.25, 0.3) is 11.0 Å². The molecule has 1 aromatic heterocycles. The molecule has 4 rings (SSSR count). The molecule has 4 aromatic rings. The molecule has 0 fully saturated rings. The Kier molecular flexibility index (Phi) is 8.35. The minimum absolute atomic E-state index is 0.131. The van der Waals surface area contributed by atoms with Gasteiger partial charge in [0.2, 0.25) is 5.75 Å². The number of amides is 1. The topological polar surface area (TPSA) is 87.0 Å². The molecule has 0 saturated heterocycles. The highest BCUT2D eigenvalue weighted by Gasteiger charge is 2.16. The molecule has 0 bridgehead atoms. The zero-order chi connectivity index (χ0) is 25.5. The SMILES string of the molecule is COc1ccc(C=NNC(=O)CSc2nc3ccccc3n2Cc2ccccc2Cl)c(OC)c1OC. The summed E-state index contributed by atoms with van der Waals surface area (Å²) < 4.78 is 18.2. The van der Waals surface area contributed by atoms with E-state index in [0.717, 1.165) is 21.8 Å². The summed E-state index contributed by atoms with van der Waals surface area (Å²) in [6, 6.07) is 19.1. The highest BCUT2D eigenvalue weighted by molar-refractivity contribution is 7.99. The van der Waals surface area contributed by atoms with E-state index in [1.54, 1.807) is 19.2 Å². The van der Waals surface area contributed by atoms with Crippen molar-refractivity contribution in [3.8, 4) is 17.2 Å². The van der Waals surface area contributed by atoms with Crippen molar-refractivity contribution in [3.63, 3.8) is 0 Å². The van der Waals surface area contributed by atoms with Gasteiger partial charge in [0.15, 0.2) is 16.7 Å². The second-order valence-corrected chi connectivity index (χ2v) is 8.92. The van der Waals surface area contributed by atoms with Crippen molar-refractivity contribution in [2.24, 2.45) is 5.10 Å². The van der Waals surface area contributed by atoms with Crippen LogP contribution in [0.1, 0.15) is 11.1 Å². The number of imidazole rings is 1. The van der Waals surface area contributed by atoms with Crippen LogP contribution in [0.15, 0.2) is 70.9 Å². The van der Waals surface area contributed by atoms with E-state index in [0.29, 0.717) is 34.4 Å². The standard InChI is InChI=1S/C26H25ClN4O4S/c1-33-22-13-12-17(24(34-2)25(22)35-3)14-28-30-23(32)16-36-26-29-20-10-6-7-11-21(20)31(26)15-18-8-4-5-9-19(18)27/h4-14H,15-16H2,1-3H3,(H,30,32). The van der Waals surface area contributed by atoms with Crippen molar-refractivity contribution in [2.75, 3.05) is 27.1 Å². The maximum Gasteiger partial charge on any atom is 0.250 e. The van der Waals surface area contributed by atoms with Gasteiger partial charge in [-0.25, -0.2) is 10.4 Å². The van der Waals surface area contributed by atoms with Gasteiger partial charge in [0.1, 0.15) is 0 Å². The number of rotatable bonds is 10. The number of carbonyl (C=O) groups is 1. The van der Waals surface area contributed by atoms with Gasteiger partial charge in [-0.2, -0.15) is 5.10 Å². The molecule has 0 atom stereocenters. The van der Waals surface area contributed by atoms with Gasteiger partial charge < -0.3 is 18.8 Å². The molecule has 36 heavy (non-hydrogen) atoms. The molecule has 1 N–H and O–H groups in total. The summed E-state index contributed by atoms with van der Waals surface area (Å²) in [7, 11) is 4.60. The summed E-state index contributed by atoms with van der Waals surface area (Å²) in [6.07, 6.45) is 1.50. The van der Waals surface area contributed by atoms with Crippen LogP contribution in [-0.4, -0.2) is 48.8 Å². The minimum atomic E-state index is -0.271. The summed E-state index contributed by atoms with van der Waals surface area (Å²) in [5.41, 5.74) is 5.98. The first-order chi connectivity index (χ1) is 17.5. The van der Waals surface area contributed by atoms with E-state index in [1.807, 2.05) is 48.5 Å². The second kappa shape index (κ2) is 11.8. The number of nitrogens with zero attached hydrogens (tertiary/aromatic N) is 3. The zero-order valence-corrected chi connectivity index (χ0v) is 21.6. The van der Waals surface area contributed by atoms with Crippen molar-refractivity contribution < 1.29 is 19.0 Å². The predicted octanol–water partition coefficient (Wildman–Crippen LogP) is 5.01. The first kappa shape index (κ1) is 25.4. The van der Waals surface area contributed by atoms with E-state index in [9.17, 15) is 4.79 Å². The first-order valence-electron chi connectivity index (χ1n) is 11.0. The number of hydrazone groups is 1. The molecular weight excluding hydrogens is 500 g/mol.